The predicted molar refractivity (Wildman–Crippen MR) is 509 cm³/mol. The molecule has 15 N–H and O–H groups in total. The van der Waals surface area contributed by atoms with Gasteiger partial charge >= 0.3 is 6.03 Å². The van der Waals surface area contributed by atoms with Gasteiger partial charge in [0.15, 0.2) is 17.9 Å². The zero-order chi connectivity index (χ0) is 91.2. The van der Waals surface area contributed by atoms with Crippen molar-refractivity contribution in [2.24, 2.45) is 79.3 Å². The molecule has 6 saturated heterocycles. The number of hydrogen-bond donors (Lipinski definition) is 11. The van der Waals surface area contributed by atoms with Crippen LogP contribution in [-0.2, 0) is 38.2 Å². The molecule has 27 nitrogen and oxygen atoms in total. The molecule has 0 saturated carbocycles. The molecular weight excluding hydrogens is 1780 g/mol. The molecule has 0 aromatic heterocycles. The number of ether oxygens (including phenoxy) is 2. The number of nitrogens with zero attached hydrogens (tertiary/aromatic N) is 7. The van der Waals surface area contributed by atoms with Gasteiger partial charge in [0.2, 0.25) is 35.4 Å². The molecule has 6 fully saturated rings. The Hall–Kier alpha value is -9.87. The molecule has 0 radical (unpaired) electrons. The molecule has 8 amide bonds. The molecule has 6 heterocycles. The molecule has 12 rings (SSSR count). The number of nitrogens with two attached hydrogens (primary N) is 4. The van der Waals surface area contributed by atoms with E-state index >= 15 is 0 Å². The topological polar surface area (TPSA) is 376 Å². The first-order chi connectivity index (χ1) is 59.7. The standard InChI is InChI=1S/C17H24ClFN4O.C16H22ClFN4O.C16H23FN4O2.C14H18ClFN4O.2C12H13ClFNO2.4CH4/c1-11(2)9-21-17(20)23-7-3-4-12(10-23)16(24)22-13-5-6-14(18)15(19)8-13;1-2-7-20-16(19)22-8-3-4-11(10-22)15(23)21-12-5-6-13(17)14(18)9-12;1-2-6-19-16(23)21-9-11(7-13(18)10-21)15(22)20-14-5-3-4-12(17)8-14;1-18-14(17)20-6-2-3-9(8-20)13(21)19-10-4-5-11(15)12(16)7-10;2*13-10-4-3-9(6-11(10)14)15-12(16)8-2-1-5-17-7-8;;;;/h5-6,8,11-12H,3-4,7,9-10H2,1-2H3,(H2,20,21)(H,22,24);5-6,9,11H,2-4,7-8,10H2,1H3,(H2,19,20)(H,21,23);3-5,8,11,13H,2,6-7,9-10,18H2,1H3,(H,19,23)(H,20,22);4-5,7,9H,2-3,6,8H2,1H3,(H2,17,18)(H,19,21);2*3-4,6,8H,1-2,5,7H2,(H,15,16);4*1H4/t12-;11-;11-,13+;9-;;;;;;/m0000....../s1. The van der Waals surface area contributed by atoms with E-state index in [0.717, 1.165) is 96.7 Å². The number of likely N-dealkylation sites (tertiary alicyclic amines) is 4. The Kier molecular flexibility index (Phi) is 51.6. The van der Waals surface area contributed by atoms with E-state index in [1.54, 1.807) is 48.3 Å². The van der Waals surface area contributed by atoms with Crippen LogP contribution >= 0.6 is 58.0 Å². The molecule has 2 unspecified atom stereocenters. The number of amides is 8. The fourth-order valence-corrected chi connectivity index (χ4v) is 14.3. The molecule has 6 aliphatic rings. The molecular formula is C91H129Cl5F6N18O9. The summed E-state index contributed by atoms with van der Waals surface area (Å²) in [7, 11) is 1.62. The van der Waals surface area contributed by atoms with Crippen molar-refractivity contribution < 1.29 is 69.4 Å². The van der Waals surface area contributed by atoms with Gasteiger partial charge in [-0.1, -0.05) is 121 Å². The fraction of sp³-hybridized carbons (Fsp3) is 0.495. The number of nitrogens with one attached hydrogen (secondary N) is 7. The van der Waals surface area contributed by atoms with Gasteiger partial charge in [0.25, 0.3) is 0 Å². The van der Waals surface area contributed by atoms with Crippen LogP contribution in [0.4, 0.5) is 65.3 Å². The van der Waals surface area contributed by atoms with E-state index in [-0.39, 0.29) is 132 Å². The van der Waals surface area contributed by atoms with Gasteiger partial charge < -0.3 is 89.2 Å². The van der Waals surface area contributed by atoms with E-state index in [1.807, 2.05) is 28.5 Å². The second kappa shape index (κ2) is 58.7. The summed E-state index contributed by atoms with van der Waals surface area (Å²) in [6.07, 6.45) is 10.6. The summed E-state index contributed by atoms with van der Waals surface area (Å²) in [5.74, 6) is -3.55. The van der Waals surface area contributed by atoms with Crippen LogP contribution in [0.25, 0.3) is 0 Å². The average Bonchev–Trinajstić information content (AvgIpc) is 0.835. The van der Waals surface area contributed by atoms with Gasteiger partial charge in [-0.2, -0.15) is 0 Å². The maximum Gasteiger partial charge on any atom is 0.317 e. The lowest BCUT2D eigenvalue weighted by atomic mass is 9.94. The minimum absolute atomic E-state index is 0. The Morgan fingerprint density at radius 1 is 0.426 bits per heavy atom. The molecule has 38 heteroatoms. The van der Waals surface area contributed by atoms with Crippen LogP contribution in [0.1, 0.15) is 141 Å². The quantitative estimate of drug-likeness (QED) is 0.0216. The molecule has 0 bridgehead atoms. The Bertz CT molecular complexity index is 4580. The smallest absolute Gasteiger partial charge is 0.317 e. The third kappa shape index (κ3) is 39.0. The number of piperidine rings is 4. The van der Waals surface area contributed by atoms with Gasteiger partial charge in [-0.3, -0.25) is 43.7 Å². The van der Waals surface area contributed by atoms with Gasteiger partial charge in [-0.05, 0) is 199 Å². The average molecular weight is 1910 g/mol. The summed E-state index contributed by atoms with van der Waals surface area (Å²) in [4.78, 5) is 105. The van der Waals surface area contributed by atoms with Crippen molar-refractivity contribution in [3.8, 4) is 0 Å². The van der Waals surface area contributed by atoms with Crippen molar-refractivity contribution in [3.63, 3.8) is 0 Å². The number of rotatable bonds is 18. The first-order valence-corrected chi connectivity index (χ1v) is 43.5. The van der Waals surface area contributed by atoms with Gasteiger partial charge in [-0.15, -0.1) is 0 Å². The van der Waals surface area contributed by atoms with Gasteiger partial charge in [-0.25, -0.2) is 31.1 Å². The number of urea groups is 1. The van der Waals surface area contributed by atoms with E-state index < -0.39 is 40.8 Å². The highest BCUT2D eigenvalue weighted by molar-refractivity contribution is 6.32. The zero-order valence-electron chi connectivity index (χ0n) is 70.7. The van der Waals surface area contributed by atoms with Crippen LogP contribution in [-0.4, -0.2) is 190 Å². The van der Waals surface area contributed by atoms with E-state index in [9.17, 15) is 59.9 Å². The summed E-state index contributed by atoms with van der Waals surface area (Å²) in [5.41, 5.74) is 26.2. The van der Waals surface area contributed by atoms with Crippen LogP contribution in [0.15, 0.2) is 130 Å². The second-order valence-electron chi connectivity index (χ2n) is 31.0. The van der Waals surface area contributed by atoms with Crippen molar-refractivity contribution >= 4 is 151 Å². The molecule has 6 aromatic rings. The maximum atomic E-state index is 13.5. The van der Waals surface area contributed by atoms with Crippen LogP contribution in [0.2, 0.25) is 25.1 Å². The fourth-order valence-electron chi connectivity index (χ4n) is 13.7. The normalized spacial score (nSPS) is 19.0. The van der Waals surface area contributed by atoms with Crippen molar-refractivity contribution in [2.45, 2.75) is 147 Å². The first kappa shape index (κ1) is 113. The van der Waals surface area contributed by atoms with Crippen molar-refractivity contribution in [1.29, 1.82) is 0 Å². The van der Waals surface area contributed by atoms with E-state index in [1.165, 1.54) is 78.9 Å². The SMILES string of the molecule is C.C.C.C.CC(C)CN=C(N)N1CCC[C@H](C(=O)Nc2ccc(Cl)c(F)c2)C1.CCCN=C(N)N1CCC[C@H](C(=O)Nc2ccc(Cl)c(F)c2)C1.CCCNC(=O)N1C[C@H](N)C[C@H](C(=O)Nc2cccc(F)c2)C1.CN=C(N)N1CCC[C@H](C(=O)Nc2ccc(Cl)c(F)c2)C1.O=C(Nc1ccc(Cl)c(F)c1)C1CCCOC1.O=C(Nc1ccc(Cl)c(F)c1)C1CCCOC1. The summed E-state index contributed by atoms with van der Waals surface area (Å²) in [6, 6.07) is 26.4. The monoisotopic (exact) mass is 1910 g/mol. The zero-order valence-corrected chi connectivity index (χ0v) is 74.4. The second-order valence-corrected chi connectivity index (χ2v) is 33.1. The third-order valence-electron chi connectivity index (χ3n) is 20.5. The van der Waals surface area contributed by atoms with Crippen LogP contribution < -0.4 is 60.2 Å². The van der Waals surface area contributed by atoms with Crippen molar-refractivity contribution in [1.82, 2.24) is 24.9 Å². The molecule has 7 atom stereocenters. The largest absolute Gasteiger partial charge is 0.381 e. The Morgan fingerprint density at radius 3 is 1.07 bits per heavy atom. The highest BCUT2D eigenvalue weighted by atomic mass is 35.5. The van der Waals surface area contributed by atoms with Crippen LogP contribution in [0.3, 0.4) is 0 Å². The van der Waals surface area contributed by atoms with Gasteiger partial charge in [0.1, 0.15) is 34.9 Å². The number of carbonyl (C=O) groups excluding carboxylic acids is 7. The molecule has 6 aliphatic heterocycles. The Morgan fingerprint density at radius 2 is 0.752 bits per heavy atom. The van der Waals surface area contributed by atoms with Gasteiger partial charge in [0.05, 0.1) is 73.8 Å². The Balaban J connectivity index is 0.000000398. The number of anilines is 6. The lowest BCUT2D eigenvalue weighted by molar-refractivity contribution is -0.124. The molecule has 0 aliphatic carbocycles. The predicted octanol–water partition coefficient (Wildman–Crippen LogP) is 17.8. The number of carbonyl (C=O) groups is 7. The van der Waals surface area contributed by atoms with Crippen LogP contribution in [0, 0.1) is 76.3 Å². The third-order valence-corrected chi connectivity index (χ3v) is 22.0. The summed E-state index contributed by atoms with van der Waals surface area (Å²) < 4.78 is 90.2. The van der Waals surface area contributed by atoms with Gasteiger partial charge in [0, 0.05) is 132 Å². The maximum absolute atomic E-state index is 13.5. The van der Waals surface area contributed by atoms with E-state index in [4.69, 9.17) is 90.4 Å². The minimum Gasteiger partial charge on any atom is -0.381 e. The summed E-state index contributed by atoms with van der Waals surface area (Å²) in [6.45, 7) is 17.1. The van der Waals surface area contributed by atoms with Crippen molar-refractivity contribution in [3.05, 3.63) is 175 Å². The van der Waals surface area contributed by atoms with Crippen molar-refractivity contribution in [2.75, 3.05) is 137 Å². The van der Waals surface area contributed by atoms with Crippen LogP contribution in [0.5, 0.6) is 0 Å². The molecule has 714 valence electrons. The Labute approximate surface area is 780 Å². The highest BCUT2D eigenvalue weighted by Gasteiger charge is 2.34. The first-order valence-electron chi connectivity index (χ1n) is 41.6. The summed E-state index contributed by atoms with van der Waals surface area (Å²) in [5, 5.41) is 19.2. The lowest BCUT2D eigenvalue weighted by Crippen LogP contribution is -2.54. The summed E-state index contributed by atoms with van der Waals surface area (Å²) >= 11 is 28.0. The number of guanidine groups is 3. The number of hydrogen-bond acceptors (Lipinski definition) is 13. The number of halogens is 11. The van der Waals surface area contributed by atoms with E-state index in [2.05, 4.69) is 66.0 Å². The highest BCUT2D eigenvalue weighted by Crippen LogP contribution is 2.29. The minimum atomic E-state index is -0.554. The molecule has 0 spiro atoms. The lowest BCUT2D eigenvalue weighted by Gasteiger charge is -2.35. The molecule has 6 aromatic carbocycles. The van der Waals surface area contributed by atoms with E-state index in [0.29, 0.717) is 143 Å². The number of benzene rings is 6. The number of aliphatic imine (C=N–C) groups is 3. The molecule has 129 heavy (non-hydrogen) atoms.